The summed E-state index contributed by atoms with van der Waals surface area (Å²) in [7, 11) is 0. The average molecular weight is 482 g/mol. The number of nitrogens with zero attached hydrogens (tertiary/aromatic N) is 1. The minimum absolute atomic E-state index is 0.0405. The van der Waals surface area contributed by atoms with Gasteiger partial charge >= 0.3 is 0 Å². The number of amides is 3. The van der Waals surface area contributed by atoms with Crippen LogP contribution >= 0.6 is 11.6 Å². The Hall–Kier alpha value is -2.86. The molecule has 4 atom stereocenters. The van der Waals surface area contributed by atoms with Crippen molar-refractivity contribution in [1.29, 1.82) is 0 Å². The van der Waals surface area contributed by atoms with Crippen LogP contribution in [0.25, 0.3) is 0 Å². The van der Waals surface area contributed by atoms with E-state index in [-0.39, 0.29) is 29.8 Å². The average Bonchev–Trinajstić information content (AvgIpc) is 3.23. The van der Waals surface area contributed by atoms with Crippen molar-refractivity contribution in [1.82, 2.24) is 10.2 Å². The van der Waals surface area contributed by atoms with E-state index in [0.29, 0.717) is 29.3 Å². The zero-order valence-electron chi connectivity index (χ0n) is 19.7. The first kappa shape index (κ1) is 24.3. The predicted molar refractivity (Wildman–Crippen MR) is 134 cm³/mol. The van der Waals surface area contributed by atoms with E-state index in [1.807, 2.05) is 36.1 Å². The van der Waals surface area contributed by atoms with Crippen LogP contribution in [-0.4, -0.2) is 34.7 Å². The molecule has 1 heterocycles. The minimum atomic E-state index is -0.495. The first-order chi connectivity index (χ1) is 16.4. The molecule has 180 valence electrons. The van der Waals surface area contributed by atoms with Crippen molar-refractivity contribution in [3.8, 4) is 0 Å². The maximum absolute atomic E-state index is 13.5. The number of fused-ring (bicyclic) bond motifs is 1. The van der Waals surface area contributed by atoms with Gasteiger partial charge in [-0.2, -0.15) is 0 Å². The number of halogens is 1. The molecule has 0 bridgehead atoms. The van der Waals surface area contributed by atoms with Gasteiger partial charge in [-0.25, -0.2) is 0 Å². The van der Waals surface area contributed by atoms with E-state index in [9.17, 15) is 14.4 Å². The smallest absolute Gasteiger partial charge is 0.254 e. The molecule has 1 aliphatic heterocycles. The van der Waals surface area contributed by atoms with Crippen molar-refractivity contribution in [3.63, 3.8) is 0 Å². The molecule has 3 amide bonds. The quantitative estimate of drug-likeness (QED) is 0.584. The molecule has 7 heteroatoms. The second-order valence-electron chi connectivity index (χ2n) is 9.34. The van der Waals surface area contributed by atoms with Crippen LogP contribution in [0.2, 0.25) is 5.02 Å². The highest BCUT2D eigenvalue weighted by Gasteiger charge is 2.47. The topological polar surface area (TPSA) is 78.5 Å². The van der Waals surface area contributed by atoms with E-state index in [0.717, 1.165) is 36.9 Å². The van der Waals surface area contributed by atoms with Crippen LogP contribution in [0.1, 0.15) is 74.3 Å². The Morgan fingerprint density at radius 3 is 2.53 bits per heavy atom. The summed E-state index contributed by atoms with van der Waals surface area (Å²) in [6.07, 6.45) is 5.31. The number of rotatable bonds is 6. The molecule has 1 saturated heterocycles. The van der Waals surface area contributed by atoms with Crippen LogP contribution in [0.3, 0.4) is 0 Å². The Morgan fingerprint density at radius 2 is 1.82 bits per heavy atom. The zero-order valence-corrected chi connectivity index (χ0v) is 20.5. The van der Waals surface area contributed by atoms with E-state index >= 15 is 0 Å². The van der Waals surface area contributed by atoms with Crippen molar-refractivity contribution in [2.45, 2.75) is 70.5 Å². The van der Waals surface area contributed by atoms with Gasteiger partial charge in [0.25, 0.3) is 5.91 Å². The van der Waals surface area contributed by atoms with Crippen molar-refractivity contribution >= 4 is 35.0 Å². The maximum Gasteiger partial charge on any atom is 0.254 e. The van der Waals surface area contributed by atoms with E-state index in [1.54, 1.807) is 31.2 Å². The number of benzene rings is 2. The van der Waals surface area contributed by atoms with Gasteiger partial charge in [0.05, 0.1) is 6.04 Å². The molecule has 0 radical (unpaired) electrons. The zero-order chi connectivity index (χ0) is 24.2. The molecule has 34 heavy (non-hydrogen) atoms. The molecule has 1 saturated carbocycles. The van der Waals surface area contributed by atoms with Gasteiger partial charge in [-0.05, 0) is 68.0 Å². The lowest BCUT2D eigenvalue weighted by atomic mass is 9.84. The number of carbonyl (C=O) groups is 3. The van der Waals surface area contributed by atoms with Crippen LogP contribution < -0.4 is 10.6 Å². The Labute approximate surface area is 206 Å². The molecular weight excluding hydrogens is 450 g/mol. The predicted octanol–water partition coefficient (Wildman–Crippen LogP) is 5.34. The summed E-state index contributed by atoms with van der Waals surface area (Å²) in [5.74, 6) is 0.0621. The first-order valence-corrected chi connectivity index (χ1v) is 12.5. The largest absolute Gasteiger partial charge is 0.348 e. The lowest BCUT2D eigenvalue weighted by molar-refractivity contribution is -0.125. The molecule has 4 unspecified atom stereocenters. The second-order valence-corrected chi connectivity index (χ2v) is 9.78. The minimum Gasteiger partial charge on any atom is -0.348 e. The molecule has 1 aliphatic carbocycles. The third-order valence-corrected chi connectivity index (χ3v) is 7.31. The summed E-state index contributed by atoms with van der Waals surface area (Å²) in [6.45, 7) is 3.74. The van der Waals surface area contributed by atoms with Crippen LogP contribution in [-0.2, 0) is 9.59 Å². The van der Waals surface area contributed by atoms with Crippen LogP contribution in [0.15, 0.2) is 48.5 Å². The fraction of sp³-hybridized carbons (Fsp3) is 0.444. The van der Waals surface area contributed by atoms with Crippen LogP contribution in [0.4, 0.5) is 5.69 Å². The molecule has 2 aliphatic rings. The Kier molecular flexibility index (Phi) is 7.57. The number of hydrogen-bond acceptors (Lipinski definition) is 3. The lowest BCUT2D eigenvalue weighted by Crippen LogP contribution is -2.50. The molecule has 2 aromatic rings. The van der Waals surface area contributed by atoms with Crippen LogP contribution in [0.5, 0.6) is 0 Å². The monoisotopic (exact) mass is 481 g/mol. The van der Waals surface area contributed by atoms with Gasteiger partial charge in [-0.1, -0.05) is 49.6 Å². The van der Waals surface area contributed by atoms with Crippen molar-refractivity contribution in [3.05, 3.63) is 64.7 Å². The Bertz CT molecular complexity index is 1060. The summed E-state index contributed by atoms with van der Waals surface area (Å²) >= 11 is 6.14. The summed E-state index contributed by atoms with van der Waals surface area (Å²) in [6, 6.07) is 13.8. The molecular formula is C27H32ClN3O3. The summed E-state index contributed by atoms with van der Waals surface area (Å²) in [4.78, 5) is 40.4. The summed E-state index contributed by atoms with van der Waals surface area (Å²) in [5, 5.41) is 6.46. The molecule has 0 aromatic heterocycles. The maximum atomic E-state index is 13.5. The molecule has 2 N–H and O–H groups in total. The van der Waals surface area contributed by atoms with E-state index in [4.69, 9.17) is 11.6 Å². The summed E-state index contributed by atoms with van der Waals surface area (Å²) < 4.78 is 0. The highest BCUT2D eigenvalue weighted by molar-refractivity contribution is 6.31. The molecule has 4 rings (SSSR count). The molecule has 2 aromatic carbocycles. The number of carbonyl (C=O) groups excluding carboxylic acids is 3. The summed E-state index contributed by atoms with van der Waals surface area (Å²) in [5.41, 5.74) is 2.19. The molecule has 6 nitrogen and oxygen atoms in total. The standard InChI is InChI=1S/C27H32ClN3O3/c1-3-25(32)30-22-13-11-18(12-14-22)17(2)29-26(33)24-16-19-7-4-5-10-23(19)31(24)27(34)20-8-6-9-21(28)15-20/h6,8-9,11-15,17,19,23-24H,3-5,7,10,16H2,1-2H3,(H,29,33)(H,30,32). The first-order valence-electron chi connectivity index (χ1n) is 12.2. The van der Waals surface area contributed by atoms with E-state index in [2.05, 4.69) is 10.6 Å². The van der Waals surface area contributed by atoms with Gasteiger partial charge in [0.2, 0.25) is 11.8 Å². The fourth-order valence-electron chi connectivity index (χ4n) is 5.25. The Morgan fingerprint density at radius 1 is 1.09 bits per heavy atom. The van der Waals surface area contributed by atoms with E-state index < -0.39 is 6.04 Å². The van der Waals surface area contributed by atoms with Gasteiger partial charge < -0.3 is 15.5 Å². The fourth-order valence-corrected chi connectivity index (χ4v) is 5.44. The van der Waals surface area contributed by atoms with E-state index in [1.165, 1.54) is 0 Å². The van der Waals surface area contributed by atoms with Gasteiger partial charge in [0.1, 0.15) is 6.04 Å². The van der Waals surface area contributed by atoms with Gasteiger partial charge in [0, 0.05) is 28.7 Å². The van der Waals surface area contributed by atoms with Gasteiger partial charge in [-0.3, -0.25) is 14.4 Å². The highest BCUT2D eigenvalue weighted by Crippen LogP contribution is 2.41. The number of hydrogen-bond donors (Lipinski definition) is 2. The number of nitrogens with one attached hydrogen (secondary N) is 2. The van der Waals surface area contributed by atoms with Crippen molar-refractivity contribution in [2.75, 3.05) is 5.32 Å². The third-order valence-electron chi connectivity index (χ3n) is 7.07. The highest BCUT2D eigenvalue weighted by atomic mass is 35.5. The lowest BCUT2D eigenvalue weighted by Gasteiger charge is -2.34. The van der Waals surface area contributed by atoms with Gasteiger partial charge in [-0.15, -0.1) is 0 Å². The SMILES string of the molecule is CCC(=O)Nc1ccc(C(C)NC(=O)C2CC3CCCCC3N2C(=O)c2cccc(Cl)c2)cc1. The van der Waals surface area contributed by atoms with Gasteiger partial charge in [0.15, 0.2) is 0 Å². The Balaban J connectivity index is 1.50. The molecule has 0 spiro atoms. The van der Waals surface area contributed by atoms with Crippen LogP contribution in [0, 0.1) is 5.92 Å². The third kappa shape index (κ3) is 5.27. The number of likely N-dealkylation sites (tertiary alicyclic amines) is 1. The van der Waals surface area contributed by atoms with Crippen molar-refractivity contribution in [2.24, 2.45) is 5.92 Å². The number of anilines is 1. The molecule has 2 fully saturated rings. The van der Waals surface area contributed by atoms with Crippen molar-refractivity contribution < 1.29 is 14.4 Å². The second kappa shape index (κ2) is 10.6. The normalized spacial score (nSPS) is 22.6.